The molecule has 3 rings (SSSR count). The number of thiophene rings is 1. The summed E-state index contributed by atoms with van der Waals surface area (Å²) in [6.07, 6.45) is 1.85. The molecule has 0 radical (unpaired) electrons. The lowest BCUT2D eigenvalue weighted by Crippen LogP contribution is -2.01. The van der Waals surface area contributed by atoms with Crippen LogP contribution < -0.4 is 5.32 Å². The molecule has 0 saturated carbocycles. The quantitative estimate of drug-likeness (QED) is 0.768. The van der Waals surface area contributed by atoms with Gasteiger partial charge in [0.25, 0.3) is 0 Å². The Labute approximate surface area is 86.6 Å². The predicted octanol–water partition coefficient (Wildman–Crippen LogP) is 2.41. The zero-order chi connectivity index (χ0) is 9.38. The van der Waals surface area contributed by atoms with Crippen LogP contribution in [0.3, 0.4) is 0 Å². The van der Waals surface area contributed by atoms with Crippen LogP contribution >= 0.6 is 11.3 Å². The average Bonchev–Trinajstić information content (AvgIpc) is 2.79. The Bertz CT molecular complexity index is 448. The van der Waals surface area contributed by atoms with Gasteiger partial charge >= 0.3 is 0 Å². The topological polar surface area (TPSA) is 24.9 Å². The summed E-state index contributed by atoms with van der Waals surface area (Å²) in [6, 6.07) is 6.07. The smallest absolute Gasteiger partial charge is 0.0805 e. The van der Waals surface area contributed by atoms with Gasteiger partial charge in [-0.2, -0.15) is 0 Å². The lowest BCUT2D eigenvalue weighted by molar-refractivity contribution is 0.765. The zero-order valence-corrected chi connectivity index (χ0v) is 8.47. The Morgan fingerprint density at radius 2 is 2.29 bits per heavy atom. The van der Waals surface area contributed by atoms with Gasteiger partial charge in [0.15, 0.2) is 0 Å². The van der Waals surface area contributed by atoms with Crippen LogP contribution in [0.1, 0.15) is 11.1 Å². The molecule has 0 saturated heterocycles. The van der Waals surface area contributed by atoms with Crippen LogP contribution in [0.2, 0.25) is 0 Å². The molecule has 0 atom stereocenters. The first kappa shape index (κ1) is 8.15. The third kappa shape index (κ3) is 1.17. The zero-order valence-electron chi connectivity index (χ0n) is 7.66. The fourth-order valence-corrected chi connectivity index (χ4v) is 2.87. The van der Waals surface area contributed by atoms with Crippen molar-refractivity contribution >= 4 is 11.3 Å². The molecule has 2 aromatic rings. The lowest BCUT2D eigenvalue weighted by atomic mass is 10.1. The number of rotatable bonds is 1. The highest BCUT2D eigenvalue weighted by Gasteiger charge is 2.17. The molecule has 0 aromatic carbocycles. The van der Waals surface area contributed by atoms with Crippen molar-refractivity contribution in [2.75, 3.05) is 0 Å². The van der Waals surface area contributed by atoms with Crippen LogP contribution in [0.5, 0.6) is 0 Å². The number of fused-ring (bicyclic) bond motifs is 1. The molecular weight excluding hydrogens is 192 g/mol. The second-order valence-corrected chi connectivity index (χ2v) is 4.27. The van der Waals surface area contributed by atoms with Gasteiger partial charge < -0.3 is 5.32 Å². The minimum Gasteiger partial charge on any atom is -0.309 e. The van der Waals surface area contributed by atoms with E-state index < -0.39 is 0 Å². The molecule has 1 aliphatic heterocycles. The minimum atomic E-state index is 0.991. The first-order chi connectivity index (χ1) is 6.95. The molecule has 14 heavy (non-hydrogen) atoms. The van der Waals surface area contributed by atoms with E-state index in [4.69, 9.17) is 0 Å². The number of hydrogen-bond donors (Lipinski definition) is 1. The van der Waals surface area contributed by atoms with E-state index in [1.165, 1.54) is 16.0 Å². The second kappa shape index (κ2) is 3.19. The summed E-state index contributed by atoms with van der Waals surface area (Å²) in [7, 11) is 0. The second-order valence-electron chi connectivity index (χ2n) is 3.39. The number of nitrogens with one attached hydrogen (secondary N) is 1. The van der Waals surface area contributed by atoms with Crippen molar-refractivity contribution < 1.29 is 0 Å². The van der Waals surface area contributed by atoms with Crippen molar-refractivity contribution in [1.29, 1.82) is 0 Å². The first-order valence-electron chi connectivity index (χ1n) is 4.66. The van der Waals surface area contributed by atoms with Crippen molar-refractivity contribution in [3.8, 4) is 10.6 Å². The summed E-state index contributed by atoms with van der Waals surface area (Å²) in [5, 5.41) is 5.59. The molecule has 70 valence electrons. The van der Waals surface area contributed by atoms with E-state index in [2.05, 4.69) is 21.7 Å². The summed E-state index contributed by atoms with van der Waals surface area (Å²) < 4.78 is 0. The van der Waals surface area contributed by atoms with Crippen LogP contribution in [0.15, 0.2) is 29.8 Å². The highest BCUT2D eigenvalue weighted by atomic mass is 32.1. The number of hydrogen-bond acceptors (Lipinski definition) is 3. The van der Waals surface area contributed by atoms with Gasteiger partial charge in [-0.15, -0.1) is 11.3 Å². The summed E-state index contributed by atoms with van der Waals surface area (Å²) in [5.74, 6) is 0. The fraction of sp³-hybridized carbons (Fsp3) is 0.182. The third-order valence-electron chi connectivity index (χ3n) is 2.50. The van der Waals surface area contributed by atoms with Gasteiger partial charge in [0, 0.05) is 19.3 Å². The van der Waals surface area contributed by atoms with E-state index in [1.807, 2.05) is 18.3 Å². The van der Waals surface area contributed by atoms with Gasteiger partial charge in [-0.05, 0) is 28.6 Å². The SMILES string of the molecule is c1ccc(-c2scc3c2CNC3)nc1. The molecule has 0 aliphatic carbocycles. The molecule has 0 unspecified atom stereocenters. The molecule has 0 amide bonds. The van der Waals surface area contributed by atoms with Gasteiger partial charge in [0.2, 0.25) is 0 Å². The van der Waals surface area contributed by atoms with Crippen molar-refractivity contribution in [2.45, 2.75) is 13.1 Å². The maximum absolute atomic E-state index is 4.38. The van der Waals surface area contributed by atoms with E-state index in [0.29, 0.717) is 0 Å². The Balaban J connectivity index is 2.13. The molecule has 2 nitrogen and oxygen atoms in total. The predicted molar refractivity (Wildman–Crippen MR) is 58.1 cm³/mol. The summed E-state index contributed by atoms with van der Waals surface area (Å²) in [6.45, 7) is 2.00. The van der Waals surface area contributed by atoms with Gasteiger partial charge in [-0.1, -0.05) is 6.07 Å². The fourth-order valence-electron chi connectivity index (χ4n) is 1.79. The highest BCUT2D eigenvalue weighted by Crippen LogP contribution is 2.33. The Kier molecular flexibility index (Phi) is 1.85. The maximum Gasteiger partial charge on any atom is 0.0805 e. The van der Waals surface area contributed by atoms with Crippen molar-refractivity contribution in [2.24, 2.45) is 0 Å². The third-order valence-corrected chi connectivity index (χ3v) is 3.59. The van der Waals surface area contributed by atoms with Gasteiger partial charge in [0.1, 0.15) is 0 Å². The van der Waals surface area contributed by atoms with Crippen molar-refractivity contribution in [1.82, 2.24) is 10.3 Å². The molecule has 2 aromatic heterocycles. The maximum atomic E-state index is 4.38. The number of aromatic nitrogens is 1. The van der Waals surface area contributed by atoms with Gasteiger partial charge in [0.05, 0.1) is 10.6 Å². The van der Waals surface area contributed by atoms with Crippen LogP contribution in [0.25, 0.3) is 10.6 Å². The monoisotopic (exact) mass is 202 g/mol. The van der Waals surface area contributed by atoms with E-state index >= 15 is 0 Å². The van der Waals surface area contributed by atoms with Crippen molar-refractivity contribution in [3.63, 3.8) is 0 Å². The van der Waals surface area contributed by atoms with Crippen molar-refractivity contribution in [3.05, 3.63) is 40.9 Å². The molecule has 3 heterocycles. The summed E-state index contributed by atoms with van der Waals surface area (Å²) in [4.78, 5) is 5.71. The molecule has 3 heteroatoms. The molecule has 1 aliphatic rings. The molecule has 0 fully saturated rings. The number of nitrogens with zero attached hydrogens (tertiary/aromatic N) is 1. The van der Waals surface area contributed by atoms with E-state index in [1.54, 1.807) is 11.3 Å². The Morgan fingerprint density at radius 1 is 1.29 bits per heavy atom. The largest absolute Gasteiger partial charge is 0.309 e. The molecule has 1 N–H and O–H groups in total. The van der Waals surface area contributed by atoms with Gasteiger partial charge in [-0.3, -0.25) is 4.98 Å². The molecule has 0 spiro atoms. The minimum absolute atomic E-state index is 0.991. The Morgan fingerprint density at radius 3 is 3.14 bits per heavy atom. The van der Waals surface area contributed by atoms with E-state index in [9.17, 15) is 0 Å². The summed E-state index contributed by atoms with van der Waals surface area (Å²) >= 11 is 1.80. The summed E-state index contributed by atoms with van der Waals surface area (Å²) in [5.41, 5.74) is 3.98. The normalized spacial score (nSPS) is 14.3. The van der Waals surface area contributed by atoms with E-state index in [-0.39, 0.29) is 0 Å². The Hall–Kier alpha value is -1.19. The first-order valence-corrected chi connectivity index (χ1v) is 5.54. The molecule has 0 bridgehead atoms. The van der Waals surface area contributed by atoms with Crippen LogP contribution in [-0.4, -0.2) is 4.98 Å². The lowest BCUT2D eigenvalue weighted by Gasteiger charge is -1.98. The average molecular weight is 202 g/mol. The van der Waals surface area contributed by atoms with Gasteiger partial charge in [-0.25, -0.2) is 0 Å². The van der Waals surface area contributed by atoms with Crippen LogP contribution in [0.4, 0.5) is 0 Å². The highest BCUT2D eigenvalue weighted by molar-refractivity contribution is 7.13. The van der Waals surface area contributed by atoms with Crippen LogP contribution in [-0.2, 0) is 13.1 Å². The molecular formula is C11H10N2S. The van der Waals surface area contributed by atoms with Crippen LogP contribution in [0, 0.1) is 0 Å². The van der Waals surface area contributed by atoms with E-state index in [0.717, 1.165) is 18.8 Å². The number of pyridine rings is 1. The standard InChI is InChI=1S/C11H10N2S/c1-2-4-13-10(3-1)11-9-6-12-5-8(9)7-14-11/h1-4,7,12H,5-6H2.